The zero-order valence-electron chi connectivity index (χ0n) is 15.1. The van der Waals surface area contributed by atoms with E-state index in [1.807, 2.05) is 12.1 Å². The second kappa shape index (κ2) is 8.16. The normalized spacial score (nSPS) is 15.4. The average Bonchev–Trinajstić information content (AvgIpc) is 2.62. The molecule has 1 aromatic carbocycles. The van der Waals surface area contributed by atoms with Gasteiger partial charge in [-0.15, -0.1) is 0 Å². The summed E-state index contributed by atoms with van der Waals surface area (Å²) in [6, 6.07) is 9.88. The second-order valence-corrected chi connectivity index (χ2v) is 6.43. The highest BCUT2D eigenvalue weighted by molar-refractivity contribution is 5.59. The van der Waals surface area contributed by atoms with Gasteiger partial charge in [0.2, 0.25) is 5.95 Å². The molecule has 0 spiro atoms. The van der Waals surface area contributed by atoms with Crippen molar-refractivity contribution in [3.8, 4) is 0 Å². The number of nitrogens with zero attached hydrogens (tertiary/aromatic N) is 3. The zero-order chi connectivity index (χ0) is 17.6. The molecule has 0 bridgehead atoms. The Hall–Kier alpha value is -2.34. The van der Waals surface area contributed by atoms with Crippen LogP contribution in [0.3, 0.4) is 0 Å². The summed E-state index contributed by atoms with van der Waals surface area (Å²) in [5.41, 5.74) is 2.86. The molecule has 0 radical (unpaired) electrons. The van der Waals surface area contributed by atoms with Crippen molar-refractivity contribution in [2.45, 2.75) is 26.7 Å². The Morgan fingerprint density at radius 2 is 1.84 bits per heavy atom. The highest BCUT2D eigenvalue weighted by Crippen LogP contribution is 2.21. The van der Waals surface area contributed by atoms with E-state index in [4.69, 9.17) is 0 Å². The zero-order valence-corrected chi connectivity index (χ0v) is 15.1. The molecule has 2 heterocycles. The van der Waals surface area contributed by atoms with Gasteiger partial charge in [-0.05, 0) is 37.2 Å². The van der Waals surface area contributed by atoms with Crippen molar-refractivity contribution < 1.29 is 0 Å². The fraction of sp³-hybridized carbons (Fsp3) is 0.474. The molecule has 3 rings (SSSR count). The van der Waals surface area contributed by atoms with Gasteiger partial charge >= 0.3 is 0 Å². The van der Waals surface area contributed by atoms with E-state index >= 15 is 0 Å². The minimum absolute atomic E-state index is 0.119. The van der Waals surface area contributed by atoms with Crippen molar-refractivity contribution in [2.24, 2.45) is 0 Å². The molecule has 2 N–H and O–H groups in total. The van der Waals surface area contributed by atoms with Crippen LogP contribution in [0.5, 0.6) is 0 Å². The van der Waals surface area contributed by atoms with Crippen LogP contribution >= 0.6 is 0 Å². The summed E-state index contributed by atoms with van der Waals surface area (Å²) < 4.78 is 0. The van der Waals surface area contributed by atoms with Crippen LogP contribution in [0.1, 0.15) is 26.0 Å². The minimum atomic E-state index is -0.119. The lowest BCUT2D eigenvalue weighted by atomic mass is 10.2. The molecule has 1 saturated heterocycles. The van der Waals surface area contributed by atoms with Gasteiger partial charge in [0.15, 0.2) is 0 Å². The van der Waals surface area contributed by atoms with E-state index in [2.05, 4.69) is 51.1 Å². The van der Waals surface area contributed by atoms with Gasteiger partial charge in [-0.3, -0.25) is 9.78 Å². The van der Waals surface area contributed by atoms with Gasteiger partial charge in [0, 0.05) is 49.3 Å². The Labute approximate surface area is 148 Å². The Morgan fingerprint density at radius 3 is 2.48 bits per heavy atom. The number of aryl methyl sites for hydroxylation is 1. The predicted octanol–water partition coefficient (Wildman–Crippen LogP) is 2.61. The molecular weight excluding hydrogens is 314 g/mol. The van der Waals surface area contributed by atoms with Crippen LogP contribution in [0.2, 0.25) is 0 Å². The number of hydrogen-bond acceptors (Lipinski definition) is 5. The van der Waals surface area contributed by atoms with Gasteiger partial charge in [-0.25, -0.2) is 4.98 Å². The third-order valence-electron chi connectivity index (χ3n) is 4.62. The molecule has 25 heavy (non-hydrogen) atoms. The van der Waals surface area contributed by atoms with E-state index in [0.717, 1.165) is 56.9 Å². The summed E-state index contributed by atoms with van der Waals surface area (Å²) in [6.45, 7) is 9.78. The number of aromatic amines is 1. The number of rotatable bonds is 6. The first-order valence-electron chi connectivity index (χ1n) is 9.12. The van der Waals surface area contributed by atoms with Crippen molar-refractivity contribution in [3.63, 3.8) is 0 Å². The maximum Gasteiger partial charge on any atom is 0.252 e. The number of aromatic nitrogens is 2. The quantitative estimate of drug-likeness (QED) is 0.845. The first kappa shape index (κ1) is 17.5. The van der Waals surface area contributed by atoms with Gasteiger partial charge in [-0.1, -0.05) is 20.3 Å². The Kier molecular flexibility index (Phi) is 5.71. The van der Waals surface area contributed by atoms with Crippen LogP contribution in [-0.2, 0) is 6.42 Å². The SMILES string of the molecule is CCCc1cc(=O)[nH]c(Nc2ccc(N3CCN(CC)CC3)cc2)n1. The number of piperazine rings is 1. The molecule has 1 aliphatic heterocycles. The smallest absolute Gasteiger partial charge is 0.252 e. The second-order valence-electron chi connectivity index (χ2n) is 6.43. The highest BCUT2D eigenvalue weighted by atomic mass is 16.1. The maximum absolute atomic E-state index is 11.7. The molecule has 0 atom stereocenters. The molecule has 6 heteroatoms. The molecule has 0 amide bonds. The summed E-state index contributed by atoms with van der Waals surface area (Å²) in [5.74, 6) is 0.500. The van der Waals surface area contributed by atoms with E-state index in [1.54, 1.807) is 6.07 Å². The minimum Gasteiger partial charge on any atom is -0.369 e. The average molecular weight is 341 g/mol. The van der Waals surface area contributed by atoms with Crippen LogP contribution in [0, 0.1) is 0 Å². The maximum atomic E-state index is 11.7. The van der Waals surface area contributed by atoms with Crippen molar-refractivity contribution in [1.82, 2.24) is 14.9 Å². The summed E-state index contributed by atoms with van der Waals surface area (Å²) in [5, 5.41) is 3.20. The standard InChI is InChI=1S/C19H27N5O/c1-3-5-16-14-18(25)22-19(21-16)20-15-6-8-17(9-7-15)24-12-10-23(4-2)11-13-24/h6-9,14H,3-5,10-13H2,1-2H3,(H2,20,21,22,25). The number of benzene rings is 1. The lowest BCUT2D eigenvalue weighted by Gasteiger charge is -2.35. The fourth-order valence-corrected chi connectivity index (χ4v) is 3.17. The van der Waals surface area contributed by atoms with Gasteiger partial charge in [0.25, 0.3) is 5.56 Å². The van der Waals surface area contributed by atoms with Crippen molar-refractivity contribution >= 4 is 17.3 Å². The van der Waals surface area contributed by atoms with Crippen molar-refractivity contribution in [3.05, 3.63) is 46.4 Å². The van der Waals surface area contributed by atoms with Crippen LogP contribution in [0.25, 0.3) is 0 Å². The largest absolute Gasteiger partial charge is 0.369 e. The predicted molar refractivity (Wildman–Crippen MR) is 103 cm³/mol. The number of hydrogen-bond donors (Lipinski definition) is 2. The first-order chi connectivity index (χ1) is 12.2. The molecule has 0 aliphatic carbocycles. The third kappa shape index (κ3) is 4.60. The molecule has 1 fully saturated rings. The summed E-state index contributed by atoms with van der Waals surface area (Å²) in [4.78, 5) is 23.8. The van der Waals surface area contributed by atoms with E-state index in [0.29, 0.717) is 5.95 Å². The molecular formula is C19H27N5O. The number of anilines is 3. The number of likely N-dealkylation sites (N-methyl/N-ethyl adjacent to an activating group) is 1. The Bertz CT molecular complexity index is 732. The summed E-state index contributed by atoms with van der Waals surface area (Å²) >= 11 is 0. The van der Waals surface area contributed by atoms with E-state index in [1.165, 1.54) is 5.69 Å². The topological polar surface area (TPSA) is 64.3 Å². The molecule has 1 aromatic heterocycles. The van der Waals surface area contributed by atoms with E-state index in [-0.39, 0.29) is 5.56 Å². The lowest BCUT2D eigenvalue weighted by Crippen LogP contribution is -2.46. The Balaban J connectivity index is 1.66. The molecule has 0 saturated carbocycles. The molecule has 2 aromatic rings. The van der Waals surface area contributed by atoms with Gasteiger partial charge in [0.1, 0.15) is 0 Å². The monoisotopic (exact) mass is 341 g/mol. The molecule has 6 nitrogen and oxygen atoms in total. The van der Waals surface area contributed by atoms with Crippen LogP contribution < -0.4 is 15.8 Å². The van der Waals surface area contributed by atoms with E-state index in [9.17, 15) is 4.79 Å². The van der Waals surface area contributed by atoms with Crippen molar-refractivity contribution in [2.75, 3.05) is 42.9 Å². The van der Waals surface area contributed by atoms with Gasteiger partial charge in [0.05, 0.1) is 0 Å². The summed E-state index contributed by atoms with van der Waals surface area (Å²) in [7, 11) is 0. The van der Waals surface area contributed by atoms with Crippen LogP contribution in [0.15, 0.2) is 35.1 Å². The first-order valence-corrected chi connectivity index (χ1v) is 9.12. The molecule has 134 valence electrons. The third-order valence-corrected chi connectivity index (χ3v) is 4.62. The van der Waals surface area contributed by atoms with Crippen LogP contribution in [0.4, 0.5) is 17.3 Å². The number of H-pyrrole nitrogens is 1. The van der Waals surface area contributed by atoms with Crippen LogP contribution in [-0.4, -0.2) is 47.6 Å². The number of nitrogens with one attached hydrogen (secondary N) is 2. The lowest BCUT2D eigenvalue weighted by molar-refractivity contribution is 0.271. The molecule has 1 aliphatic rings. The van der Waals surface area contributed by atoms with Gasteiger partial charge in [-0.2, -0.15) is 0 Å². The Morgan fingerprint density at radius 1 is 1.12 bits per heavy atom. The summed E-state index contributed by atoms with van der Waals surface area (Å²) in [6.07, 6.45) is 1.77. The highest BCUT2D eigenvalue weighted by Gasteiger charge is 2.15. The van der Waals surface area contributed by atoms with E-state index < -0.39 is 0 Å². The molecule has 0 unspecified atom stereocenters. The van der Waals surface area contributed by atoms with Gasteiger partial charge < -0.3 is 15.1 Å². The fourth-order valence-electron chi connectivity index (χ4n) is 3.17. The van der Waals surface area contributed by atoms with Crippen molar-refractivity contribution in [1.29, 1.82) is 0 Å².